The van der Waals surface area contributed by atoms with Gasteiger partial charge in [-0.15, -0.1) is 11.1 Å². The first kappa shape index (κ1) is 40.2. The van der Waals surface area contributed by atoms with Crippen LogP contribution in [-0.2, 0) is 0 Å². The molecular weight excluding hydrogens is 677 g/mol. The van der Waals surface area contributed by atoms with E-state index in [0.717, 1.165) is 16.7 Å². The number of hydrogen-bond acceptors (Lipinski definition) is 1. The van der Waals surface area contributed by atoms with Crippen molar-refractivity contribution < 1.29 is 4.42 Å². The van der Waals surface area contributed by atoms with Gasteiger partial charge in [0.2, 0.25) is 0 Å². The predicted molar refractivity (Wildman–Crippen MR) is 241 cm³/mol. The summed E-state index contributed by atoms with van der Waals surface area (Å²) >= 11 is 0. The third kappa shape index (κ3) is 6.56. The minimum Gasteiger partial charge on any atom is -0.466 e. The van der Waals surface area contributed by atoms with E-state index in [1.807, 2.05) is 0 Å². The Morgan fingerprint density at radius 1 is 0.481 bits per heavy atom. The molecule has 5 aromatic rings. The SMILES string of the molecule is CC[Si](CC)(CC)c1cc2cc3c(C#C[Si](C(C)C)(C(C)C)C(C)C)c4cc5ccccc5cc4c(C#C[Si](C(C)C)(C(C)C)C(C)C)c3cc2o1. The summed E-state index contributed by atoms with van der Waals surface area (Å²) in [6, 6.07) is 24.4. The van der Waals surface area contributed by atoms with Gasteiger partial charge < -0.3 is 4.42 Å². The van der Waals surface area contributed by atoms with Gasteiger partial charge in [0, 0.05) is 27.3 Å². The lowest BCUT2D eigenvalue weighted by Gasteiger charge is -2.38. The van der Waals surface area contributed by atoms with E-state index in [0.29, 0.717) is 33.2 Å². The number of benzene rings is 4. The molecule has 52 heavy (non-hydrogen) atoms. The Morgan fingerprint density at radius 2 is 0.827 bits per heavy atom. The highest BCUT2D eigenvalue weighted by molar-refractivity contribution is 6.91. The highest BCUT2D eigenvalue weighted by atomic mass is 28.3. The molecule has 0 unspecified atom stereocenters. The quantitative estimate of drug-likeness (QED) is 0.0789. The smallest absolute Gasteiger partial charge is 0.146 e. The van der Waals surface area contributed by atoms with E-state index in [2.05, 4.69) is 181 Å². The van der Waals surface area contributed by atoms with Crippen LogP contribution in [0.25, 0.3) is 43.3 Å². The van der Waals surface area contributed by atoms with Gasteiger partial charge in [-0.05, 0) is 85.1 Å². The minimum atomic E-state index is -2.02. The normalized spacial score (nSPS) is 13.1. The van der Waals surface area contributed by atoms with Crippen LogP contribution in [0.1, 0.15) is 115 Å². The van der Waals surface area contributed by atoms with Crippen LogP contribution in [0.3, 0.4) is 0 Å². The van der Waals surface area contributed by atoms with Gasteiger partial charge >= 0.3 is 0 Å². The van der Waals surface area contributed by atoms with Gasteiger partial charge in [0.1, 0.15) is 29.8 Å². The van der Waals surface area contributed by atoms with E-state index < -0.39 is 24.2 Å². The van der Waals surface area contributed by atoms with Crippen molar-refractivity contribution in [3.8, 4) is 22.9 Å². The predicted octanol–water partition coefficient (Wildman–Crippen LogP) is 14.7. The third-order valence-corrected chi connectivity index (χ3v) is 31.6. The second-order valence-electron chi connectivity index (χ2n) is 17.7. The molecule has 0 aliphatic heterocycles. The Kier molecular flexibility index (Phi) is 11.9. The fraction of sp³-hybridized carbons (Fsp3) is 0.500. The maximum atomic E-state index is 6.95. The average molecular weight is 743 g/mol. The molecule has 0 N–H and O–H groups in total. The number of rotatable bonds is 10. The number of furan rings is 1. The van der Waals surface area contributed by atoms with Crippen LogP contribution in [0.15, 0.2) is 59.0 Å². The summed E-state index contributed by atoms with van der Waals surface area (Å²) in [5.41, 5.74) is 14.9. The van der Waals surface area contributed by atoms with E-state index in [1.54, 1.807) is 0 Å². The summed E-state index contributed by atoms with van der Waals surface area (Å²) in [5.74, 6) is 8.03. The van der Waals surface area contributed by atoms with Gasteiger partial charge in [-0.3, -0.25) is 0 Å². The van der Waals surface area contributed by atoms with Crippen LogP contribution in [0.5, 0.6) is 0 Å². The maximum Gasteiger partial charge on any atom is 0.146 e. The van der Waals surface area contributed by atoms with Crippen molar-refractivity contribution in [2.24, 2.45) is 0 Å². The Labute approximate surface area is 319 Å². The molecule has 0 bridgehead atoms. The fourth-order valence-electron chi connectivity index (χ4n) is 10.5. The van der Waals surface area contributed by atoms with Crippen LogP contribution in [-0.4, -0.2) is 24.2 Å². The van der Waals surface area contributed by atoms with Crippen LogP contribution in [0.2, 0.25) is 51.4 Å². The first-order valence-electron chi connectivity index (χ1n) is 20.5. The largest absolute Gasteiger partial charge is 0.466 e. The molecule has 0 amide bonds. The topological polar surface area (TPSA) is 13.1 Å². The molecule has 1 aromatic heterocycles. The summed E-state index contributed by atoms with van der Waals surface area (Å²) in [7, 11) is -5.76. The Morgan fingerprint density at radius 3 is 1.17 bits per heavy atom. The second-order valence-corrected chi connectivity index (χ2v) is 34.0. The molecule has 0 atom stereocenters. The Hall–Kier alpha value is -3.03. The summed E-state index contributed by atoms with van der Waals surface area (Å²) in [5, 5.41) is 9.82. The van der Waals surface area contributed by atoms with Crippen LogP contribution < -0.4 is 5.38 Å². The van der Waals surface area contributed by atoms with Gasteiger partial charge in [-0.1, -0.05) is 158 Å². The van der Waals surface area contributed by atoms with Crippen molar-refractivity contribution in [1.82, 2.24) is 0 Å². The summed E-state index contributed by atoms with van der Waals surface area (Å²) in [4.78, 5) is 0. The zero-order valence-electron chi connectivity index (χ0n) is 35.2. The fourth-order valence-corrected chi connectivity index (χ4v) is 24.2. The molecule has 5 rings (SSSR count). The molecule has 0 aliphatic rings. The average Bonchev–Trinajstić information content (AvgIpc) is 3.51. The van der Waals surface area contributed by atoms with Crippen molar-refractivity contribution in [3.05, 3.63) is 65.7 Å². The molecule has 276 valence electrons. The van der Waals surface area contributed by atoms with Gasteiger partial charge in [0.15, 0.2) is 0 Å². The molecule has 0 saturated heterocycles. The first-order valence-corrected chi connectivity index (χ1v) is 27.6. The van der Waals surface area contributed by atoms with Crippen molar-refractivity contribution in [2.75, 3.05) is 0 Å². The highest BCUT2D eigenvalue weighted by Crippen LogP contribution is 2.44. The number of fused-ring (bicyclic) bond motifs is 4. The summed E-state index contributed by atoms with van der Waals surface area (Å²) < 4.78 is 6.95. The van der Waals surface area contributed by atoms with Crippen molar-refractivity contribution >= 4 is 72.9 Å². The monoisotopic (exact) mass is 742 g/mol. The molecule has 1 nitrogen and oxygen atoms in total. The molecule has 0 radical (unpaired) electrons. The van der Waals surface area contributed by atoms with E-state index in [1.165, 1.54) is 61.2 Å². The highest BCUT2D eigenvalue weighted by Gasteiger charge is 2.43. The van der Waals surface area contributed by atoms with E-state index in [4.69, 9.17) is 4.42 Å². The molecule has 1 heterocycles. The first-order chi connectivity index (χ1) is 24.5. The Bertz CT molecular complexity index is 2010. The molecule has 4 aromatic carbocycles. The summed E-state index contributed by atoms with van der Waals surface area (Å²) in [6.07, 6.45) is 0. The lowest BCUT2D eigenvalue weighted by molar-refractivity contribution is 0.645. The van der Waals surface area contributed by atoms with Gasteiger partial charge in [-0.2, -0.15) is 0 Å². The van der Waals surface area contributed by atoms with E-state index >= 15 is 0 Å². The molecule has 0 aliphatic carbocycles. The zero-order chi connectivity index (χ0) is 38.3. The maximum absolute atomic E-state index is 6.95. The van der Waals surface area contributed by atoms with Crippen LogP contribution >= 0.6 is 0 Å². The van der Waals surface area contributed by atoms with Crippen molar-refractivity contribution in [1.29, 1.82) is 0 Å². The van der Waals surface area contributed by atoms with Gasteiger partial charge in [0.05, 0.1) is 5.38 Å². The molecular formula is C48H66OSi3. The second kappa shape index (κ2) is 15.4. The lowest BCUT2D eigenvalue weighted by atomic mass is 9.90. The molecule has 0 fully saturated rings. The van der Waals surface area contributed by atoms with Gasteiger partial charge in [0.25, 0.3) is 0 Å². The van der Waals surface area contributed by atoms with Crippen LogP contribution in [0, 0.1) is 22.9 Å². The standard InChI is InChI=1S/C48H66OSi3/c1-16-50(17-2,18-3)48-30-40-29-45-41(23-25-51(32(4)5,33(6)7)34(8)9)43-27-38-21-19-20-22-39(38)28-44(43)42(46(45)31-47(40)49-48)24-26-52(35(10)11,36(12)13)37(14)15/h19-22,27-37H,16-18H2,1-15H3. The minimum absolute atomic E-state index is 0.555. The Balaban J connectivity index is 2.05. The van der Waals surface area contributed by atoms with E-state index in [-0.39, 0.29) is 0 Å². The van der Waals surface area contributed by atoms with Gasteiger partial charge in [-0.25, -0.2) is 0 Å². The molecule has 0 spiro atoms. The zero-order valence-corrected chi connectivity index (χ0v) is 38.2. The third-order valence-electron chi connectivity index (χ3n) is 13.7. The van der Waals surface area contributed by atoms with Crippen LogP contribution in [0.4, 0.5) is 0 Å². The lowest BCUT2D eigenvalue weighted by Crippen LogP contribution is -2.44. The molecule has 4 heteroatoms. The van der Waals surface area contributed by atoms with Crippen molar-refractivity contribution in [3.63, 3.8) is 0 Å². The summed E-state index contributed by atoms with van der Waals surface area (Å²) in [6.45, 7) is 36.1. The van der Waals surface area contributed by atoms with E-state index in [9.17, 15) is 0 Å². The van der Waals surface area contributed by atoms with Crippen molar-refractivity contribution in [2.45, 2.75) is 155 Å². The molecule has 0 saturated carbocycles. The number of hydrogen-bond donors (Lipinski definition) is 0.